The highest BCUT2D eigenvalue weighted by molar-refractivity contribution is 7.17. The number of benzene rings is 1. The van der Waals surface area contributed by atoms with E-state index in [1.54, 1.807) is 6.07 Å². The quantitative estimate of drug-likeness (QED) is 0.695. The number of carbonyl (C=O) groups is 2. The number of fused-ring (bicyclic) bond motifs is 1. The van der Waals surface area contributed by atoms with Gasteiger partial charge in [0.1, 0.15) is 5.00 Å². The van der Waals surface area contributed by atoms with Gasteiger partial charge in [0, 0.05) is 10.6 Å². The zero-order valence-corrected chi connectivity index (χ0v) is 15.0. The highest BCUT2D eigenvalue weighted by Crippen LogP contribution is 2.39. The van der Waals surface area contributed by atoms with E-state index in [2.05, 4.69) is 10.6 Å². The van der Waals surface area contributed by atoms with Gasteiger partial charge in [0.2, 0.25) is 0 Å². The molecular weight excluding hydrogens is 352 g/mol. The molecule has 0 unspecified atom stereocenters. The summed E-state index contributed by atoms with van der Waals surface area (Å²) in [6, 6.07) is 13.0. The largest absolute Gasteiger partial charge is 0.322 e. The van der Waals surface area contributed by atoms with E-state index in [0.717, 1.165) is 30.5 Å². The minimum atomic E-state index is -0.163. The van der Waals surface area contributed by atoms with E-state index in [4.69, 9.17) is 0 Å². The summed E-state index contributed by atoms with van der Waals surface area (Å²) in [5.41, 5.74) is 2.45. The van der Waals surface area contributed by atoms with Gasteiger partial charge in [-0.15, -0.1) is 22.7 Å². The Balaban J connectivity index is 1.64. The van der Waals surface area contributed by atoms with E-state index < -0.39 is 0 Å². The van der Waals surface area contributed by atoms with Gasteiger partial charge in [0.05, 0.1) is 10.4 Å². The van der Waals surface area contributed by atoms with E-state index in [9.17, 15) is 9.59 Å². The lowest BCUT2D eigenvalue weighted by atomic mass is 10.1. The second-order valence-electron chi connectivity index (χ2n) is 5.81. The van der Waals surface area contributed by atoms with Crippen LogP contribution in [0.1, 0.15) is 36.9 Å². The third kappa shape index (κ3) is 3.23. The number of thiophene rings is 2. The summed E-state index contributed by atoms with van der Waals surface area (Å²) in [5.74, 6) is -0.323. The van der Waals surface area contributed by atoms with Crippen molar-refractivity contribution in [2.75, 3.05) is 10.6 Å². The minimum absolute atomic E-state index is 0.160. The highest BCUT2D eigenvalue weighted by Gasteiger charge is 2.27. The van der Waals surface area contributed by atoms with Crippen molar-refractivity contribution in [2.24, 2.45) is 0 Å². The fraction of sp³-hybridized carbons (Fsp3) is 0.158. The molecule has 0 radical (unpaired) electrons. The molecule has 6 heteroatoms. The maximum Gasteiger partial charge on any atom is 0.266 e. The first-order valence-corrected chi connectivity index (χ1v) is 9.78. The van der Waals surface area contributed by atoms with E-state index >= 15 is 0 Å². The lowest BCUT2D eigenvalue weighted by Crippen LogP contribution is -2.17. The predicted octanol–water partition coefficient (Wildman–Crippen LogP) is 4.80. The molecule has 4 rings (SSSR count). The number of para-hydroxylation sites is 1. The van der Waals surface area contributed by atoms with Crippen LogP contribution in [0, 0.1) is 0 Å². The van der Waals surface area contributed by atoms with E-state index in [-0.39, 0.29) is 11.8 Å². The molecule has 2 amide bonds. The van der Waals surface area contributed by atoms with Crippen LogP contribution < -0.4 is 10.6 Å². The van der Waals surface area contributed by atoms with Crippen LogP contribution in [-0.2, 0) is 12.8 Å². The van der Waals surface area contributed by atoms with Gasteiger partial charge < -0.3 is 10.6 Å². The first-order valence-electron chi connectivity index (χ1n) is 8.08. The van der Waals surface area contributed by atoms with Crippen LogP contribution in [0.25, 0.3) is 0 Å². The number of amides is 2. The predicted molar refractivity (Wildman–Crippen MR) is 103 cm³/mol. The number of rotatable bonds is 4. The molecule has 3 aromatic rings. The summed E-state index contributed by atoms with van der Waals surface area (Å²) in [4.78, 5) is 27.1. The molecule has 0 saturated heterocycles. The van der Waals surface area contributed by atoms with E-state index in [1.165, 1.54) is 27.6 Å². The second kappa shape index (κ2) is 6.82. The Kier molecular flexibility index (Phi) is 4.38. The third-order valence-corrected chi connectivity index (χ3v) is 6.23. The monoisotopic (exact) mass is 368 g/mol. The second-order valence-corrected chi connectivity index (χ2v) is 7.87. The van der Waals surface area contributed by atoms with Crippen molar-refractivity contribution in [2.45, 2.75) is 19.3 Å². The Morgan fingerprint density at radius 2 is 1.76 bits per heavy atom. The minimum Gasteiger partial charge on any atom is -0.322 e. The van der Waals surface area contributed by atoms with Gasteiger partial charge in [-0.05, 0) is 48.4 Å². The topological polar surface area (TPSA) is 58.2 Å². The number of carbonyl (C=O) groups excluding carboxylic acids is 2. The van der Waals surface area contributed by atoms with Crippen molar-refractivity contribution in [1.29, 1.82) is 0 Å². The fourth-order valence-electron chi connectivity index (χ4n) is 3.02. The van der Waals surface area contributed by atoms with Crippen LogP contribution >= 0.6 is 22.7 Å². The Labute approximate surface area is 153 Å². The molecule has 2 aromatic heterocycles. The first-order chi connectivity index (χ1) is 12.2. The maximum absolute atomic E-state index is 12.9. The molecule has 2 N–H and O–H groups in total. The average molecular weight is 368 g/mol. The molecule has 1 aliphatic carbocycles. The third-order valence-electron chi connectivity index (χ3n) is 4.15. The van der Waals surface area contributed by atoms with Crippen LogP contribution in [0.5, 0.6) is 0 Å². The van der Waals surface area contributed by atoms with Crippen LogP contribution in [0.3, 0.4) is 0 Å². The summed E-state index contributed by atoms with van der Waals surface area (Å²) in [5, 5.41) is 8.40. The van der Waals surface area contributed by atoms with Crippen molar-refractivity contribution < 1.29 is 9.59 Å². The Morgan fingerprint density at radius 3 is 2.52 bits per heavy atom. The van der Waals surface area contributed by atoms with Crippen LogP contribution in [0.4, 0.5) is 10.7 Å². The van der Waals surface area contributed by atoms with Crippen LogP contribution in [-0.4, -0.2) is 11.8 Å². The summed E-state index contributed by atoms with van der Waals surface area (Å²) in [6.45, 7) is 0. The Morgan fingerprint density at radius 1 is 0.920 bits per heavy atom. The van der Waals surface area contributed by atoms with Crippen LogP contribution in [0.15, 0.2) is 47.8 Å². The SMILES string of the molecule is O=C(Nc1sc2c(c1C(=O)Nc1ccccc1)CCC2)c1cccs1. The fourth-order valence-corrected chi connectivity index (χ4v) is 4.92. The number of aryl methyl sites for hydroxylation is 1. The van der Waals surface area contributed by atoms with E-state index in [1.807, 2.05) is 41.8 Å². The van der Waals surface area contributed by atoms with Crippen molar-refractivity contribution in [3.63, 3.8) is 0 Å². The maximum atomic E-state index is 12.9. The van der Waals surface area contributed by atoms with Gasteiger partial charge in [-0.3, -0.25) is 9.59 Å². The molecule has 0 saturated carbocycles. The molecular formula is C19H16N2O2S2. The Hall–Kier alpha value is -2.44. The number of nitrogens with one attached hydrogen (secondary N) is 2. The molecule has 0 bridgehead atoms. The zero-order valence-electron chi connectivity index (χ0n) is 13.4. The average Bonchev–Trinajstić information content (AvgIpc) is 3.32. The lowest BCUT2D eigenvalue weighted by Gasteiger charge is -2.09. The molecule has 1 aromatic carbocycles. The number of anilines is 2. The molecule has 0 fully saturated rings. The summed E-state index contributed by atoms with van der Waals surface area (Å²) >= 11 is 2.91. The summed E-state index contributed by atoms with van der Waals surface area (Å²) < 4.78 is 0. The van der Waals surface area contributed by atoms with Crippen LogP contribution in [0.2, 0.25) is 0 Å². The standard InChI is InChI=1S/C19H16N2O2S2/c22-17(15-10-5-11-24-15)21-19-16(13-8-4-9-14(13)25-19)18(23)20-12-6-2-1-3-7-12/h1-3,5-7,10-11H,4,8-9H2,(H,20,23)(H,21,22). The molecule has 126 valence electrons. The molecule has 0 atom stereocenters. The van der Waals surface area contributed by atoms with Gasteiger partial charge in [-0.25, -0.2) is 0 Å². The first kappa shape index (κ1) is 16.1. The summed E-state index contributed by atoms with van der Waals surface area (Å²) in [6.07, 6.45) is 2.92. The smallest absolute Gasteiger partial charge is 0.266 e. The van der Waals surface area contributed by atoms with E-state index in [0.29, 0.717) is 15.4 Å². The van der Waals surface area contributed by atoms with Gasteiger partial charge in [0.25, 0.3) is 11.8 Å². The molecule has 0 spiro atoms. The molecule has 25 heavy (non-hydrogen) atoms. The van der Waals surface area contributed by atoms with Crippen molar-refractivity contribution >= 4 is 45.2 Å². The zero-order chi connectivity index (χ0) is 17.2. The lowest BCUT2D eigenvalue weighted by molar-refractivity contribution is 0.102. The molecule has 4 nitrogen and oxygen atoms in total. The molecule has 1 aliphatic rings. The van der Waals surface area contributed by atoms with Gasteiger partial charge in [-0.1, -0.05) is 24.3 Å². The number of hydrogen-bond acceptors (Lipinski definition) is 4. The van der Waals surface area contributed by atoms with Crippen molar-refractivity contribution in [3.8, 4) is 0 Å². The summed E-state index contributed by atoms with van der Waals surface area (Å²) in [7, 11) is 0. The normalized spacial score (nSPS) is 12.6. The Bertz CT molecular complexity index is 915. The molecule has 2 heterocycles. The number of hydrogen-bond donors (Lipinski definition) is 2. The van der Waals surface area contributed by atoms with Crippen molar-refractivity contribution in [1.82, 2.24) is 0 Å². The van der Waals surface area contributed by atoms with Gasteiger partial charge in [-0.2, -0.15) is 0 Å². The van der Waals surface area contributed by atoms with Crippen molar-refractivity contribution in [3.05, 3.63) is 68.7 Å². The van der Waals surface area contributed by atoms with Gasteiger partial charge in [0.15, 0.2) is 0 Å². The van der Waals surface area contributed by atoms with Gasteiger partial charge >= 0.3 is 0 Å². The molecule has 0 aliphatic heterocycles. The highest BCUT2D eigenvalue weighted by atomic mass is 32.1.